The number of benzene rings is 1. The Hall–Kier alpha value is -3.27. The quantitative estimate of drug-likeness (QED) is 0.567. The van der Waals surface area contributed by atoms with Gasteiger partial charge >= 0.3 is 6.09 Å². The number of rotatable bonds is 7. The Morgan fingerprint density at radius 1 is 1.21 bits per heavy atom. The molecule has 1 N–H and O–H groups in total. The minimum atomic E-state index is -0.286. The van der Waals surface area contributed by atoms with Crippen LogP contribution in [0.2, 0.25) is 0 Å². The van der Waals surface area contributed by atoms with Crippen molar-refractivity contribution < 1.29 is 23.8 Å². The molecule has 176 valence electrons. The zero-order valence-corrected chi connectivity index (χ0v) is 19.8. The molecule has 0 aliphatic carbocycles. The number of thiazole rings is 1. The minimum absolute atomic E-state index is 0.0431. The second-order valence-corrected chi connectivity index (χ2v) is 8.61. The van der Waals surface area contributed by atoms with E-state index in [9.17, 15) is 9.59 Å². The van der Waals surface area contributed by atoms with E-state index in [0.717, 1.165) is 27.7 Å². The molecule has 9 nitrogen and oxygen atoms in total. The van der Waals surface area contributed by atoms with E-state index in [0.29, 0.717) is 38.3 Å². The zero-order valence-electron chi connectivity index (χ0n) is 19.0. The first kappa shape index (κ1) is 22.9. The summed E-state index contributed by atoms with van der Waals surface area (Å²) in [5.74, 6) is 1.38. The van der Waals surface area contributed by atoms with Crippen LogP contribution in [0.3, 0.4) is 0 Å². The summed E-state index contributed by atoms with van der Waals surface area (Å²) in [6, 6.07) is 5.63. The fourth-order valence-corrected chi connectivity index (χ4v) is 4.84. The number of aromatic nitrogens is 2. The minimum Gasteiger partial charge on any atom is -0.497 e. The van der Waals surface area contributed by atoms with Crippen molar-refractivity contribution in [1.29, 1.82) is 0 Å². The highest BCUT2D eigenvalue weighted by atomic mass is 32.1. The standard InChI is InChI=1S/C23H28N4O5S/c1-4-32-23(29)26-9-7-15(8-10-26)24-21(28)11-16-14-33-22-25-19(13-27(16)22)18-12-17(30-2)5-6-20(18)31-3/h5-6,12-15H,4,7-11H2,1-3H3,(H,24,28). The Balaban J connectivity index is 1.42. The SMILES string of the molecule is CCOC(=O)N1CCC(NC(=O)Cc2csc3nc(-c4cc(OC)ccc4OC)cn23)CC1. The molecule has 4 rings (SSSR count). The van der Waals surface area contributed by atoms with Crippen LogP contribution < -0.4 is 14.8 Å². The Kier molecular flexibility index (Phi) is 7.02. The smallest absolute Gasteiger partial charge is 0.409 e. The highest BCUT2D eigenvalue weighted by Crippen LogP contribution is 2.34. The van der Waals surface area contributed by atoms with E-state index in [1.165, 1.54) is 11.3 Å². The van der Waals surface area contributed by atoms with Crippen molar-refractivity contribution in [3.63, 3.8) is 0 Å². The average molecular weight is 473 g/mol. The van der Waals surface area contributed by atoms with E-state index in [2.05, 4.69) is 5.32 Å². The summed E-state index contributed by atoms with van der Waals surface area (Å²) in [4.78, 5) is 31.8. The molecule has 3 aromatic rings. The van der Waals surface area contributed by atoms with Crippen molar-refractivity contribution in [2.45, 2.75) is 32.2 Å². The van der Waals surface area contributed by atoms with Crippen LogP contribution in [0.4, 0.5) is 4.79 Å². The molecule has 1 aliphatic heterocycles. The number of carbonyl (C=O) groups is 2. The third-order valence-corrected chi connectivity index (χ3v) is 6.58. The lowest BCUT2D eigenvalue weighted by atomic mass is 10.1. The largest absolute Gasteiger partial charge is 0.497 e. The van der Waals surface area contributed by atoms with Gasteiger partial charge in [-0.05, 0) is 38.0 Å². The van der Waals surface area contributed by atoms with Gasteiger partial charge in [0.25, 0.3) is 0 Å². The molecule has 0 bridgehead atoms. The third kappa shape index (κ3) is 5.05. The van der Waals surface area contributed by atoms with Crippen molar-refractivity contribution in [3.05, 3.63) is 35.5 Å². The molecule has 2 amide bonds. The molecule has 0 radical (unpaired) electrons. The van der Waals surface area contributed by atoms with Gasteiger partial charge in [0.1, 0.15) is 11.5 Å². The van der Waals surface area contributed by atoms with Crippen LogP contribution in [0.5, 0.6) is 11.5 Å². The van der Waals surface area contributed by atoms with Gasteiger partial charge in [-0.15, -0.1) is 11.3 Å². The Labute approximate surface area is 196 Å². The van der Waals surface area contributed by atoms with Crippen molar-refractivity contribution in [2.24, 2.45) is 0 Å². The molecular weight excluding hydrogens is 444 g/mol. The number of imidazole rings is 1. The Bertz CT molecular complexity index is 1130. The molecule has 10 heteroatoms. The van der Waals surface area contributed by atoms with Gasteiger partial charge in [-0.3, -0.25) is 9.20 Å². The van der Waals surface area contributed by atoms with Crippen molar-refractivity contribution >= 4 is 28.3 Å². The maximum Gasteiger partial charge on any atom is 0.409 e. The maximum absolute atomic E-state index is 12.7. The van der Waals surface area contributed by atoms with Crippen molar-refractivity contribution in [2.75, 3.05) is 33.9 Å². The van der Waals surface area contributed by atoms with Crippen LogP contribution in [-0.4, -0.2) is 66.2 Å². The Morgan fingerprint density at radius 2 is 2.00 bits per heavy atom. The molecule has 0 saturated carbocycles. The number of carbonyl (C=O) groups excluding carboxylic acids is 2. The summed E-state index contributed by atoms with van der Waals surface area (Å²) in [5.41, 5.74) is 2.46. The number of methoxy groups -OCH3 is 2. The van der Waals surface area contributed by atoms with Gasteiger partial charge in [-0.25, -0.2) is 9.78 Å². The predicted octanol–water partition coefficient (Wildman–Crippen LogP) is 3.36. The number of amides is 2. The van der Waals surface area contributed by atoms with Crippen LogP contribution >= 0.6 is 11.3 Å². The summed E-state index contributed by atoms with van der Waals surface area (Å²) in [5, 5.41) is 5.06. The van der Waals surface area contributed by atoms with Crippen LogP contribution in [0.15, 0.2) is 29.8 Å². The second kappa shape index (κ2) is 10.1. The van der Waals surface area contributed by atoms with Gasteiger partial charge in [0, 0.05) is 42.0 Å². The monoisotopic (exact) mass is 472 g/mol. The lowest BCUT2D eigenvalue weighted by molar-refractivity contribution is -0.121. The zero-order chi connectivity index (χ0) is 23.4. The van der Waals surface area contributed by atoms with Crippen LogP contribution in [0.25, 0.3) is 16.2 Å². The summed E-state index contributed by atoms with van der Waals surface area (Å²) in [7, 11) is 3.24. The average Bonchev–Trinajstić information content (AvgIpc) is 3.41. The van der Waals surface area contributed by atoms with Gasteiger partial charge < -0.3 is 24.4 Å². The number of nitrogens with zero attached hydrogens (tertiary/aromatic N) is 3. The van der Waals surface area contributed by atoms with Crippen molar-refractivity contribution in [3.8, 4) is 22.8 Å². The van der Waals surface area contributed by atoms with E-state index in [1.54, 1.807) is 26.0 Å². The number of ether oxygens (including phenoxy) is 3. The fourth-order valence-electron chi connectivity index (χ4n) is 3.96. The van der Waals surface area contributed by atoms with E-state index in [-0.39, 0.29) is 24.5 Å². The Morgan fingerprint density at radius 3 is 2.70 bits per heavy atom. The number of hydrogen-bond acceptors (Lipinski definition) is 7. The normalized spacial score (nSPS) is 14.3. The summed E-state index contributed by atoms with van der Waals surface area (Å²) >= 11 is 1.49. The molecule has 1 aromatic carbocycles. The van der Waals surface area contributed by atoms with E-state index < -0.39 is 0 Å². The van der Waals surface area contributed by atoms with Gasteiger partial charge in [0.15, 0.2) is 4.96 Å². The highest BCUT2D eigenvalue weighted by Gasteiger charge is 2.25. The first-order valence-corrected chi connectivity index (χ1v) is 11.8. The molecule has 2 aromatic heterocycles. The van der Waals surface area contributed by atoms with E-state index in [1.807, 2.05) is 34.2 Å². The summed E-state index contributed by atoms with van der Waals surface area (Å²) in [6.07, 6.45) is 3.32. The fraction of sp³-hybridized carbons (Fsp3) is 0.435. The van der Waals surface area contributed by atoms with E-state index >= 15 is 0 Å². The van der Waals surface area contributed by atoms with Gasteiger partial charge in [0.05, 0.1) is 32.9 Å². The van der Waals surface area contributed by atoms with Crippen LogP contribution in [0.1, 0.15) is 25.5 Å². The molecule has 1 saturated heterocycles. The third-order valence-electron chi connectivity index (χ3n) is 5.69. The predicted molar refractivity (Wildman–Crippen MR) is 125 cm³/mol. The molecule has 0 atom stereocenters. The lowest BCUT2D eigenvalue weighted by Crippen LogP contribution is -2.47. The first-order valence-electron chi connectivity index (χ1n) is 10.9. The first-order chi connectivity index (χ1) is 16.0. The lowest BCUT2D eigenvalue weighted by Gasteiger charge is -2.31. The number of nitrogens with one attached hydrogen (secondary N) is 1. The topological polar surface area (TPSA) is 94.4 Å². The maximum atomic E-state index is 12.7. The molecule has 0 unspecified atom stereocenters. The van der Waals surface area contributed by atoms with E-state index in [4.69, 9.17) is 19.2 Å². The van der Waals surface area contributed by atoms with Crippen molar-refractivity contribution in [1.82, 2.24) is 19.6 Å². The highest BCUT2D eigenvalue weighted by molar-refractivity contribution is 7.15. The van der Waals surface area contributed by atoms with Gasteiger partial charge in [0.2, 0.25) is 5.91 Å². The molecule has 1 aliphatic rings. The number of likely N-dealkylation sites (tertiary alicyclic amines) is 1. The molecule has 1 fully saturated rings. The van der Waals surface area contributed by atoms with Gasteiger partial charge in [-0.1, -0.05) is 0 Å². The van der Waals surface area contributed by atoms with Crippen LogP contribution in [-0.2, 0) is 16.0 Å². The summed E-state index contributed by atoms with van der Waals surface area (Å²) < 4.78 is 17.8. The number of fused-ring (bicyclic) bond motifs is 1. The molecule has 0 spiro atoms. The molecule has 3 heterocycles. The van der Waals surface area contributed by atoms with Crippen LogP contribution in [0, 0.1) is 0 Å². The number of piperidine rings is 1. The second-order valence-electron chi connectivity index (χ2n) is 7.78. The number of hydrogen-bond donors (Lipinski definition) is 1. The molecule has 33 heavy (non-hydrogen) atoms. The van der Waals surface area contributed by atoms with Gasteiger partial charge in [-0.2, -0.15) is 0 Å². The molecular formula is C23H28N4O5S. The summed E-state index contributed by atoms with van der Waals surface area (Å²) in [6.45, 7) is 3.33.